The van der Waals surface area contributed by atoms with Crippen molar-refractivity contribution in [2.24, 2.45) is 5.92 Å². The molecule has 0 spiro atoms. The number of carbonyl (C=O) groups is 1. The van der Waals surface area contributed by atoms with Crippen LogP contribution in [-0.2, 0) is 14.3 Å². The highest BCUT2D eigenvalue weighted by molar-refractivity contribution is 6.18. The molecule has 0 N–H and O–H groups in total. The Hall–Kier alpha value is -0.320. The monoisotopic (exact) mass is 235 g/mol. The molecule has 88 valence electrons. The molecule has 1 unspecified atom stereocenters. The lowest BCUT2D eigenvalue weighted by molar-refractivity contribution is -0.203. The molecule has 0 radical (unpaired) electrons. The molecule has 1 saturated heterocycles. The Kier molecular flexibility index (Phi) is 4.37. The van der Waals surface area contributed by atoms with Crippen molar-refractivity contribution in [1.29, 1.82) is 0 Å². The molecule has 0 aromatic rings. The second-order valence-electron chi connectivity index (χ2n) is 4.04. The first kappa shape index (κ1) is 12.7. The van der Waals surface area contributed by atoms with Gasteiger partial charge in [0, 0.05) is 33.1 Å². The molecule has 4 nitrogen and oxygen atoms in total. The highest BCUT2D eigenvalue weighted by Gasteiger charge is 2.35. The number of hydrogen-bond donors (Lipinski definition) is 0. The van der Waals surface area contributed by atoms with Gasteiger partial charge in [-0.15, -0.1) is 11.6 Å². The molecule has 1 aliphatic heterocycles. The summed E-state index contributed by atoms with van der Waals surface area (Å²) in [5.41, 5.74) is 0. The predicted octanol–water partition coefficient (Wildman–Crippen LogP) is 1.08. The Morgan fingerprint density at radius 3 is 2.53 bits per heavy atom. The van der Waals surface area contributed by atoms with Crippen molar-refractivity contribution in [2.75, 3.05) is 33.2 Å². The third-order valence-electron chi connectivity index (χ3n) is 2.85. The van der Waals surface area contributed by atoms with E-state index in [9.17, 15) is 4.79 Å². The molecule has 0 aliphatic carbocycles. The summed E-state index contributed by atoms with van der Waals surface area (Å²) in [6.07, 6.45) is 0.535. The van der Waals surface area contributed by atoms with E-state index in [0.29, 0.717) is 25.4 Å². The number of carbonyl (C=O) groups excluding carboxylic acids is 1. The first-order valence-corrected chi connectivity index (χ1v) is 5.52. The SMILES string of the molecule is COC(C)(CN1CC(CCl)CC1=O)OC. The molecular weight excluding hydrogens is 218 g/mol. The number of ether oxygens (including phenoxy) is 2. The average molecular weight is 236 g/mol. The van der Waals surface area contributed by atoms with Crippen LogP contribution in [0, 0.1) is 5.92 Å². The number of rotatable bonds is 5. The van der Waals surface area contributed by atoms with Gasteiger partial charge in [-0.05, 0) is 12.8 Å². The number of nitrogens with zero attached hydrogens (tertiary/aromatic N) is 1. The first-order valence-electron chi connectivity index (χ1n) is 4.98. The van der Waals surface area contributed by atoms with Crippen LogP contribution in [0.15, 0.2) is 0 Å². The van der Waals surface area contributed by atoms with Crippen LogP contribution in [0.3, 0.4) is 0 Å². The standard InChI is InChI=1S/C10H18ClNO3/c1-10(14-2,15-3)7-12-6-8(5-11)4-9(12)13/h8H,4-7H2,1-3H3. The summed E-state index contributed by atoms with van der Waals surface area (Å²) >= 11 is 5.74. The molecule has 0 saturated carbocycles. The van der Waals surface area contributed by atoms with Crippen molar-refractivity contribution >= 4 is 17.5 Å². The fourth-order valence-electron chi connectivity index (χ4n) is 1.67. The summed E-state index contributed by atoms with van der Waals surface area (Å²) in [7, 11) is 3.14. The van der Waals surface area contributed by atoms with Gasteiger partial charge in [0.25, 0.3) is 0 Å². The Morgan fingerprint density at radius 1 is 1.53 bits per heavy atom. The molecule has 1 fully saturated rings. The van der Waals surface area contributed by atoms with Crippen molar-refractivity contribution in [3.05, 3.63) is 0 Å². The summed E-state index contributed by atoms with van der Waals surface area (Å²) in [5, 5.41) is 0. The van der Waals surface area contributed by atoms with Gasteiger partial charge in [0.2, 0.25) is 5.91 Å². The van der Waals surface area contributed by atoms with E-state index in [0.717, 1.165) is 0 Å². The van der Waals surface area contributed by atoms with Crippen molar-refractivity contribution in [3.8, 4) is 0 Å². The van der Waals surface area contributed by atoms with E-state index in [1.54, 1.807) is 19.1 Å². The number of methoxy groups -OCH3 is 2. The van der Waals surface area contributed by atoms with Gasteiger partial charge in [-0.1, -0.05) is 0 Å². The van der Waals surface area contributed by atoms with Crippen LogP contribution in [0.4, 0.5) is 0 Å². The maximum atomic E-state index is 11.6. The molecule has 0 bridgehead atoms. The number of likely N-dealkylation sites (tertiary alicyclic amines) is 1. The zero-order valence-corrected chi connectivity index (χ0v) is 10.2. The van der Waals surface area contributed by atoms with Gasteiger partial charge in [0.1, 0.15) is 0 Å². The van der Waals surface area contributed by atoms with Gasteiger partial charge in [0.05, 0.1) is 6.54 Å². The number of alkyl halides is 1. The largest absolute Gasteiger partial charge is 0.352 e. The Balaban J connectivity index is 2.55. The summed E-state index contributed by atoms with van der Waals surface area (Å²) < 4.78 is 10.4. The third-order valence-corrected chi connectivity index (χ3v) is 3.29. The normalized spacial score (nSPS) is 22.5. The highest BCUT2D eigenvalue weighted by Crippen LogP contribution is 2.22. The summed E-state index contributed by atoms with van der Waals surface area (Å²) in [6, 6.07) is 0. The molecule has 1 aliphatic rings. The topological polar surface area (TPSA) is 38.8 Å². The van der Waals surface area contributed by atoms with Crippen LogP contribution in [0.1, 0.15) is 13.3 Å². The lowest BCUT2D eigenvalue weighted by Gasteiger charge is -2.31. The van der Waals surface area contributed by atoms with Crippen molar-refractivity contribution in [1.82, 2.24) is 4.90 Å². The fourth-order valence-corrected chi connectivity index (χ4v) is 1.88. The summed E-state index contributed by atoms with van der Waals surface area (Å²) in [5.74, 6) is 0.189. The van der Waals surface area contributed by atoms with E-state index in [4.69, 9.17) is 21.1 Å². The van der Waals surface area contributed by atoms with Crippen LogP contribution in [0.5, 0.6) is 0 Å². The van der Waals surface area contributed by atoms with Crippen LogP contribution >= 0.6 is 11.6 Å². The first-order chi connectivity index (χ1) is 7.04. The molecule has 1 rings (SSSR count). The van der Waals surface area contributed by atoms with Gasteiger partial charge in [-0.3, -0.25) is 4.79 Å². The Morgan fingerprint density at radius 2 is 2.13 bits per heavy atom. The minimum absolute atomic E-state index is 0.126. The summed E-state index contributed by atoms with van der Waals surface area (Å²) in [4.78, 5) is 13.4. The van der Waals surface area contributed by atoms with E-state index < -0.39 is 5.79 Å². The molecule has 5 heteroatoms. The molecule has 1 amide bonds. The Labute approximate surface area is 95.5 Å². The van der Waals surface area contributed by atoms with Gasteiger partial charge >= 0.3 is 0 Å². The van der Waals surface area contributed by atoms with Gasteiger partial charge in [-0.2, -0.15) is 0 Å². The lowest BCUT2D eigenvalue weighted by atomic mass is 10.1. The number of halogens is 1. The van der Waals surface area contributed by atoms with E-state index in [-0.39, 0.29) is 11.8 Å². The zero-order chi connectivity index (χ0) is 11.5. The zero-order valence-electron chi connectivity index (χ0n) is 9.46. The number of amides is 1. The maximum Gasteiger partial charge on any atom is 0.223 e. The minimum atomic E-state index is -0.725. The van der Waals surface area contributed by atoms with Gasteiger partial charge < -0.3 is 14.4 Å². The van der Waals surface area contributed by atoms with Crippen molar-refractivity contribution in [2.45, 2.75) is 19.1 Å². The second kappa shape index (κ2) is 5.14. The van der Waals surface area contributed by atoms with Gasteiger partial charge in [-0.25, -0.2) is 0 Å². The predicted molar refractivity (Wildman–Crippen MR) is 57.8 cm³/mol. The molecular formula is C10H18ClNO3. The quantitative estimate of drug-likeness (QED) is 0.529. The lowest BCUT2D eigenvalue weighted by Crippen LogP contribution is -2.44. The van der Waals surface area contributed by atoms with E-state index >= 15 is 0 Å². The van der Waals surface area contributed by atoms with Crippen molar-refractivity contribution in [3.63, 3.8) is 0 Å². The molecule has 0 aromatic heterocycles. The van der Waals surface area contributed by atoms with Gasteiger partial charge in [0.15, 0.2) is 5.79 Å². The second-order valence-corrected chi connectivity index (χ2v) is 4.35. The van der Waals surface area contributed by atoms with E-state index in [2.05, 4.69) is 0 Å². The van der Waals surface area contributed by atoms with Crippen LogP contribution in [-0.4, -0.2) is 49.8 Å². The van der Waals surface area contributed by atoms with Crippen LogP contribution in [0.25, 0.3) is 0 Å². The van der Waals surface area contributed by atoms with E-state index in [1.807, 2.05) is 6.92 Å². The minimum Gasteiger partial charge on any atom is -0.352 e. The van der Waals surface area contributed by atoms with Crippen molar-refractivity contribution < 1.29 is 14.3 Å². The summed E-state index contributed by atoms with van der Waals surface area (Å²) in [6.45, 7) is 2.96. The maximum absolute atomic E-state index is 11.6. The number of hydrogen-bond acceptors (Lipinski definition) is 3. The average Bonchev–Trinajstić information content (AvgIpc) is 2.59. The molecule has 1 heterocycles. The molecule has 0 aromatic carbocycles. The van der Waals surface area contributed by atoms with Crippen LogP contribution < -0.4 is 0 Å². The third kappa shape index (κ3) is 3.06. The fraction of sp³-hybridized carbons (Fsp3) is 0.900. The van der Waals surface area contributed by atoms with E-state index in [1.165, 1.54) is 0 Å². The Bertz CT molecular complexity index is 231. The van der Waals surface area contributed by atoms with Crippen LogP contribution in [0.2, 0.25) is 0 Å². The molecule has 1 atom stereocenters. The molecule has 15 heavy (non-hydrogen) atoms. The highest BCUT2D eigenvalue weighted by atomic mass is 35.5. The smallest absolute Gasteiger partial charge is 0.223 e.